The highest BCUT2D eigenvalue weighted by Gasteiger charge is 2.20. The molecule has 5 heteroatoms. The lowest BCUT2D eigenvalue weighted by atomic mass is 9.93. The molecule has 5 nitrogen and oxygen atoms in total. The summed E-state index contributed by atoms with van der Waals surface area (Å²) in [5.74, 6) is 0.0834. The number of nitrogens with zero attached hydrogens (tertiary/aromatic N) is 3. The molecule has 0 aromatic carbocycles. The molecule has 0 unspecified atom stereocenters. The molecule has 1 fully saturated rings. The first-order chi connectivity index (χ1) is 12.1. The number of hydrogen-bond acceptors (Lipinski definition) is 3. The maximum atomic E-state index is 11.3. The second kappa shape index (κ2) is 7.98. The molecule has 1 aliphatic carbocycles. The normalized spacial score (nSPS) is 16.4. The average molecular weight is 343 g/mol. The maximum absolute atomic E-state index is 11.3. The SMILES string of the molecule is CCC(CC)c1cc(CC2CCCCCC2)nc2cc(C(=O)O)nn12. The van der Waals surface area contributed by atoms with Crippen LogP contribution >= 0.6 is 0 Å². The van der Waals surface area contributed by atoms with E-state index < -0.39 is 5.97 Å². The topological polar surface area (TPSA) is 67.5 Å². The van der Waals surface area contributed by atoms with Crippen LogP contribution in [0.25, 0.3) is 5.65 Å². The first-order valence-corrected chi connectivity index (χ1v) is 9.75. The van der Waals surface area contributed by atoms with Gasteiger partial charge in [0.05, 0.1) is 0 Å². The van der Waals surface area contributed by atoms with Gasteiger partial charge in [0.2, 0.25) is 0 Å². The van der Waals surface area contributed by atoms with Gasteiger partial charge < -0.3 is 5.11 Å². The number of aromatic nitrogens is 3. The Kier molecular flexibility index (Phi) is 5.71. The number of aromatic carboxylic acids is 1. The largest absolute Gasteiger partial charge is 0.476 e. The summed E-state index contributed by atoms with van der Waals surface area (Å²) >= 11 is 0. The van der Waals surface area contributed by atoms with Crippen LogP contribution in [0.2, 0.25) is 0 Å². The monoisotopic (exact) mass is 343 g/mol. The van der Waals surface area contributed by atoms with E-state index in [-0.39, 0.29) is 5.69 Å². The summed E-state index contributed by atoms with van der Waals surface area (Å²) < 4.78 is 1.75. The molecule has 1 saturated carbocycles. The van der Waals surface area contributed by atoms with Gasteiger partial charge in [0.15, 0.2) is 11.3 Å². The number of fused-ring (bicyclic) bond motifs is 1. The zero-order valence-corrected chi connectivity index (χ0v) is 15.4. The Morgan fingerprint density at radius 3 is 2.48 bits per heavy atom. The van der Waals surface area contributed by atoms with E-state index in [1.807, 2.05) is 0 Å². The Morgan fingerprint density at radius 1 is 1.20 bits per heavy atom. The Balaban J connectivity index is 1.99. The Labute approximate surface area is 149 Å². The summed E-state index contributed by atoms with van der Waals surface area (Å²) in [6, 6.07) is 3.78. The van der Waals surface area contributed by atoms with Crippen LogP contribution in [0.1, 0.15) is 93.0 Å². The lowest BCUT2D eigenvalue weighted by Crippen LogP contribution is -2.11. The summed E-state index contributed by atoms with van der Waals surface area (Å²) in [6.45, 7) is 4.35. The number of carboxylic acid groups (broad SMARTS) is 1. The van der Waals surface area contributed by atoms with Crippen molar-refractivity contribution in [2.24, 2.45) is 5.92 Å². The van der Waals surface area contributed by atoms with Gasteiger partial charge in [-0.2, -0.15) is 5.10 Å². The van der Waals surface area contributed by atoms with Gasteiger partial charge in [-0.3, -0.25) is 0 Å². The molecule has 1 aliphatic rings. The summed E-state index contributed by atoms with van der Waals surface area (Å²) in [6.07, 6.45) is 10.9. The smallest absolute Gasteiger partial charge is 0.356 e. The molecule has 2 heterocycles. The van der Waals surface area contributed by atoms with E-state index >= 15 is 0 Å². The molecular formula is C20H29N3O2. The molecule has 0 spiro atoms. The van der Waals surface area contributed by atoms with Gasteiger partial charge in [0, 0.05) is 23.4 Å². The van der Waals surface area contributed by atoms with Gasteiger partial charge in [0.25, 0.3) is 0 Å². The van der Waals surface area contributed by atoms with Crippen LogP contribution in [0.15, 0.2) is 12.1 Å². The molecule has 1 N–H and O–H groups in total. The van der Waals surface area contributed by atoms with Crippen LogP contribution in [0.5, 0.6) is 0 Å². The Hall–Kier alpha value is -1.91. The van der Waals surface area contributed by atoms with E-state index in [1.54, 1.807) is 10.6 Å². The highest BCUT2D eigenvalue weighted by molar-refractivity contribution is 5.86. The lowest BCUT2D eigenvalue weighted by Gasteiger charge is -2.18. The Bertz CT molecular complexity index is 726. The van der Waals surface area contributed by atoms with Crippen LogP contribution in [0, 0.1) is 5.92 Å². The number of rotatable bonds is 6. The van der Waals surface area contributed by atoms with Gasteiger partial charge in [-0.05, 0) is 31.2 Å². The fourth-order valence-corrected chi connectivity index (χ4v) is 4.12. The number of carboxylic acids is 1. The van der Waals surface area contributed by atoms with Crippen LogP contribution in [0.4, 0.5) is 0 Å². The van der Waals surface area contributed by atoms with Crippen molar-refractivity contribution in [3.8, 4) is 0 Å². The molecule has 0 radical (unpaired) electrons. The summed E-state index contributed by atoms with van der Waals surface area (Å²) in [7, 11) is 0. The van der Waals surface area contributed by atoms with E-state index in [0.717, 1.165) is 30.7 Å². The second-order valence-corrected chi connectivity index (χ2v) is 7.35. The van der Waals surface area contributed by atoms with Crippen molar-refractivity contribution in [3.63, 3.8) is 0 Å². The highest BCUT2D eigenvalue weighted by Crippen LogP contribution is 2.28. The molecule has 0 atom stereocenters. The molecule has 0 bridgehead atoms. The fraction of sp³-hybridized carbons (Fsp3) is 0.650. The predicted octanol–water partition coefficient (Wildman–Crippen LogP) is 4.84. The third-order valence-electron chi connectivity index (χ3n) is 5.60. The first-order valence-electron chi connectivity index (χ1n) is 9.75. The van der Waals surface area contributed by atoms with Crippen molar-refractivity contribution in [1.29, 1.82) is 0 Å². The van der Waals surface area contributed by atoms with Gasteiger partial charge in [-0.25, -0.2) is 14.3 Å². The molecule has 25 heavy (non-hydrogen) atoms. The van der Waals surface area contributed by atoms with E-state index in [9.17, 15) is 9.90 Å². The minimum Gasteiger partial charge on any atom is -0.476 e. The van der Waals surface area contributed by atoms with E-state index in [1.165, 1.54) is 38.5 Å². The first kappa shape index (κ1) is 17.9. The third kappa shape index (κ3) is 4.02. The van der Waals surface area contributed by atoms with Gasteiger partial charge in [-0.15, -0.1) is 0 Å². The second-order valence-electron chi connectivity index (χ2n) is 7.35. The fourth-order valence-electron chi connectivity index (χ4n) is 4.12. The molecule has 136 valence electrons. The zero-order chi connectivity index (χ0) is 17.8. The average Bonchev–Trinajstić information content (AvgIpc) is 2.87. The van der Waals surface area contributed by atoms with E-state index in [2.05, 4.69) is 25.0 Å². The van der Waals surface area contributed by atoms with E-state index in [0.29, 0.717) is 17.5 Å². The molecule has 2 aromatic heterocycles. The van der Waals surface area contributed by atoms with E-state index in [4.69, 9.17) is 4.98 Å². The van der Waals surface area contributed by atoms with Gasteiger partial charge in [-0.1, -0.05) is 52.4 Å². The number of carbonyl (C=O) groups is 1. The molecular weight excluding hydrogens is 314 g/mol. The van der Waals surface area contributed by atoms with Crippen molar-refractivity contribution in [2.45, 2.75) is 77.6 Å². The van der Waals surface area contributed by atoms with Crippen molar-refractivity contribution in [3.05, 3.63) is 29.2 Å². The lowest BCUT2D eigenvalue weighted by molar-refractivity contribution is 0.0690. The zero-order valence-electron chi connectivity index (χ0n) is 15.4. The third-order valence-corrected chi connectivity index (χ3v) is 5.60. The van der Waals surface area contributed by atoms with Crippen LogP contribution < -0.4 is 0 Å². The molecule has 2 aromatic rings. The standard InChI is InChI=1S/C20H29N3O2/c1-3-15(4-2)18-12-16(11-14-9-7-5-6-8-10-14)21-19-13-17(20(24)25)22-23(18)19/h12-15H,3-11H2,1-2H3,(H,24,25). The minimum absolute atomic E-state index is 0.0753. The van der Waals surface area contributed by atoms with Crippen LogP contribution in [0.3, 0.4) is 0 Å². The molecule has 3 rings (SSSR count). The summed E-state index contributed by atoms with van der Waals surface area (Å²) in [4.78, 5) is 16.1. The van der Waals surface area contributed by atoms with Crippen LogP contribution in [-0.4, -0.2) is 25.7 Å². The highest BCUT2D eigenvalue weighted by atomic mass is 16.4. The summed E-state index contributed by atoms with van der Waals surface area (Å²) in [5, 5.41) is 13.6. The molecule has 0 aliphatic heterocycles. The van der Waals surface area contributed by atoms with Crippen molar-refractivity contribution >= 4 is 11.6 Å². The predicted molar refractivity (Wildman–Crippen MR) is 98.2 cm³/mol. The van der Waals surface area contributed by atoms with Crippen molar-refractivity contribution < 1.29 is 9.90 Å². The molecule has 0 amide bonds. The maximum Gasteiger partial charge on any atom is 0.356 e. The minimum atomic E-state index is -0.994. The summed E-state index contributed by atoms with van der Waals surface area (Å²) in [5.41, 5.74) is 2.95. The van der Waals surface area contributed by atoms with Gasteiger partial charge >= 0.3 is 5.97 Å². The van der Waals surface area contributed by atoms with Gasteiger partial charge in [0.1, 0.15) is 0 Å². The quantitative estimate of drug-likeness (QED) is 0.762. The number of hydrogen-bond donors (Lipinski definition) is 1. The van der Waals surface area contributed by atoms with Crippen LogP contribution in [-0.2, 0) is 6.42 Å². The Morgan fingerprint density at radius 2 is 1.88 bits per heavy atom. The molecule has 0 saturated heterocycles. The van der Waals surface area contributed by atoms with Crippen molar-refractivity contribution in [1.82, 2.24) is 14.6 Å². The van der Waals surface area contributed by atoms with Crippen molar-refractivity contribution in [2.75, 3.05) is 0 Å².